The number of nitrogens with one attached hydrogen (secondary N) is 1. The average Bonchev–Trinajstić information content (AvgIpc) is 2.84. The standard InChI is InChI=1S/C13H22N2S/c1-4-10(12-14-8-9-16-12)15-11-6-5-7-13(11,2)3/h8-11,15H,4-7H2,1-3H3. The SMILES string of the molecule is CCC(NC1CCCC1(C)C)c1nccs1. The van der Waals surface area contributed by atoms with Crippen LogP contribution in [0.5, 0.6) is 0 Å². The molecule has 1 fully saturated rings. The molecule has 0 saturated heterocycles. The highest BCUT2D eigenvalue weighted by atomic mass is 32.1. The second kappa shape index (κ2) is 4.84. The summed E-state index contributed by atoms with van der Waals surface area (Å²) in [4.78, 5) is 4.43. The lowest BCUT2D eigenvalue weighted by Crippen LogP contribution is -2.39. The number of aromatic nitrogens is 1. The van der Waals surface area contributed by atoms with Crippen LogP contribution in [0.2, 0.25) is 0 Å². The van der Waals surface area contributed by atoms with Crippen LogP contribution in [0.15, 0.2) is 11.6 Å². The third kappa shape index (κ3) is 2.46. The molecule has 0 aliphatic heterocycles. The van der Waals surface area contributed by atoms with E-state index < -0.39 is 0 Å². The number of hydrogen-bond donors (Lipinski definition) is 1. The minimum Gasteiger partial charge on any atom is -0.305 e. The van der Waals surface area contributed by atoms with E-state index in [-0.39, 0.29) is 0 Å². The Bertz CT molecular complexity index is 319. The number of hydrogen-bond acceptors (Lipinski definition) is 3. The molecule has 2 atom stereocenters. The van der Waals surface area contributed by atoms with Gasteiger partial charge in [-0.15, -0.1) is 11.3 Å². The van der Waals surface area contributed by atoms with E-state index in [2.05, 4.69) is 36.5 Å². The Morgan fingerprint density at radius 3 is 2.94 bits per heavy atom. The quantitative estimate of drug-likeness (QED) is 0.864. The average molecular weight is 238 g/mol. The molecule has 1 aromatic heterocycles. The van der Waals surface area contributed by atoms with E-state index in [0.717, 1.165) is 6.42 Å². The van der Waals surface area contributed by atoms with Gasteiger partial charge in [0.05, 0.1) is 6.04 Å². The molecular formula is C13H22N2S. The molecule has 2 nitrogen and oxygen atoms in total. The van der Waals surface area contributed by atoms with Crippen LogP contribution in [-0.4, -0.2) is 11.0 Å². The highest BCUT2D eigenvalue weighted by Gasteiger charge is 2.35. The van der Waals surface area contributed by atoms with Crippen LogP contribution in [0.4, 0.5) is 0 Å². The second-order valence-corrected chi connectivity index (χ2v) is 6.36. The zero-order valence-electron chi connectivity index (χ0n) is 10.5. The third-order valence-corrected chi connectivity index (χ3v) is 4.71. The molecule has 1 saturated carbocycles. The highest BCUT2D eigenvalue weighted by Crippen LogP contribution is 2.38. The monoisotopic (exact) mass is 238 g/mol. The number of nitrogens with zero attached hydrogens (tertiary/aromatic N) is 1. The molecule has 2 rings (SSSR count). The van der Waals surface area contributed by atoms with Crippen molar-refractivity contribution in [3.05, 3.63) is 16.6 Å². The van der Waals surface area contributed by atoms with Crippen LogP contribution < -0.4 is 5.32 Å². The maximum Gasteiger partial charge on any atom is 0.109 e. The van der Waals surface area contributed by atoms with Gasteiger partial charge in [0, 0.05) is 17.6 Å². The van der Waals surface area contributed by atoms with Crippen LogP contribution in [0.1, 0.15) is 57.5 Å². The summed E-state index contributed by atoms with van der Waals surface area (Å²) in [5, 5.41) is 7.12. The van der Waals surface area contributed by atoms with E-state index in [1.54, 1.807) is 11.3 Å². The van der Waals surface area contributed by atoms with Crippen LogP contribution in [0.25, 0.3) is 0 Å². The molecule has 1 aliphatic carbocycles. The smallest absolute Gasteiger partial charge is 0.109 e. The molecule has 0 bridgehead atoms. The molecule has 3 heteroatoms. The Hall–Kier alpha value is -0.410. The van der Waals surface area contributed by atoms with Gasteiger partial charge in [0.1, 0.15) is 5.01 Å². The van der Waals surface area contributed by atoms with E-state index in [9.17, 15) is 0 Å². The molecule has 1 N–H and O–H groups in total. The van der Waals surface area contributed by atoms with Gasteiger partial charge in [-0.25, -0.2) is 4.98 Å². The minimum atomic E-state index is 0.447. The van der Waals surface area contributed by atoms with Crippen LogP contribution in [0.3, 0.4) is 0 Å². The fraction of sp³-hybridized carbons (Fsp3) is 0.769. The zero-order chi connectivity index (χ0) is 11.6. The largest absolute Gasteiger partial charge is 0.305 e. The Morgan fingerprint density at radius 2 is 2.44 bits per heavy atom. The van der Waals surface area contributed by atoms with Crippen molar-refractivity contribution in [2.75, 3.05) is 0 Å². The van der Waals surface area contributed by atoms with Gasteiger partial charge in [-0.2, -0.15) is 0 Å². The fourth-order valence-electron chi connectivity index (χ4n) is 2.65. The zero-order valence-corrected chi connectivity index (χ0v) is 11.3. The van der Waals surface area contributed by atoms with Crippen molar-refractivity contribution in [3.63, 3.8) is 0 Å². The van der Waals surface area contributed by atoms with Crippen LogP contribution >= 0.6 is 11.3 Å². The molecular weight excluding hydrogens is 216 g/mol. The summed E-state index contributed by atoms with van der Waals surface area (Å²) in [6.45, 7) is 7.00. The first-order chi connectivity index (χ1) is 7.63. The maximum absolute atomic E-state index is 4.43. The van der Waals surface area contributed by atoms with E-state index in [1.165, 1.54) is 24.3 Å². The Kier molecular flexibility index (Phi) is 3.65. The first kappa shape index (κ1) is 12.1. The van der Waals surface area contributed by atoms with Gasteiger partial charge in [0.25, 0.3) is 0 Å². The summed E-state index contributed by atoms with van der Waals surface area (Å²) >= 11 is 1.77. The van der Waals surface area contributed by atoms with Gasteiger partial charge in [-0.05, 0) is 24.7 Å². The molecule has 0 aromatic carbocycles. The lowest BCUT2D eigenvalue weighted by Gasteiger charge is -2.31. The van der Waals surface area contributed by atoms with E-state index in [4.69, 9.17) is 0 Å². The van der Waals surface area contributed by atoms with Crippen molar-refractivity contribution in [1.29, 1.82) is 0 Å². The summed E-state index contributed by atoms with van der Waals surface area (Å²) < 4.78 is 0. The molecule has 0 amide bonds. The lowest BCUT2D eigenvalue weighted by molar-refractivity contribution is 0.259. The highest BCUT2D eigenvalue weighted by molar-refractivity contribution is 7.09. The second-order valence-electron chi connectivity index (χ2n) is 5.43. The van der Waals surface area contributed by atoms with Crippen LogP contribution in [-0.2, 0) is 0 Å². The van der Waals surface area contributed by atoms with E-state index in [0.29, 0.717) is 17.5 Å². The van der Waals surface area contributed by atoms with Gasteiger partial charge in [-0.3, -0.25) is 0 Å². The molecule has 1 aliphatic rings. The molecule has 1 heterocycles. The van der Waals surface area contributed by atoms with Gasteiger partial charge in [0.15, 0.2) is 0 Å². The van der Waals surface area contributed by atoms with Gasteiger partial charge < -0.3 is 5.32 Å². The first-order valence-corrected chi connectivity index (χ1v) is 7.17. The number of rotatable bonds is 4. The van der Waals surface area contributed by atoms with Crippen molar-refractivity contribution < 1.29 is 0 Å². The molecule has 0 radical (unpaired) electrons. The predicted octanol–water partition coefficient (Wildman–Crippen LogP) is 3.76. The van der Waals surface area contributed by atoms with E-state index >= 15 is 0 Å². The van der Waals surface area contributed by atoms with Crippen molar-refractivity contribution in [3.8, 4) is 0 Å². The summed E-state index contributed by atoms with van der Waals surface area (Å²) in [7, 11) is 0. The molecule has 0 spiro atoms. The lowest BCUT2D eigenvalue weighted by atomic mass is 9.87. The van der Waals surface area contributed by atoms with Crippen molar-refractivity contribution in [2.24, 2.45) is 5.41 Å². The van der Waals surface area contributed by atoms with Crippen molar-refractivity contribution in [2.45, 2.75) is 58.5 Å². The minimum absolute atomic E-state index is 0.447. The first-order valence-electron chi connectivity index (χ1n) is 6.29. The summed E-state index contributed by atoms with van der Waals surface area (Å²) in [5.74, 6) is 0. The molecule has 2 unspecified atom stereocenters. The Morgan fingerprint density at radius 1 is 1.62 bits per heavy atom. The summed E-state index contributed by atoms with van der Waals surface area (Å²) in [6, 6.07) is 1.10. The third-order valence-electron chi connectivity index (χ3n) is 3.82. The molecule has 1 aromatic rings. The summed E-state index contributed by atoms with van der Waals surface area (Å²) in [6.07, 6.45) is 7.05. The predicted molar refractivity (Wildman–Crippen MR) is 69.7 cm³/mol. The van der Waals surface area contributed by atoms with Gasteiger partial charge >= 0.3 is 0 Å². The molecule has 90 valence electrons. The van der Waals surface area contributed by atoms with Gasteiger partial charge in [0.2, 0.25) is 0 Å². The Balaban J connectivity index is 2.02. The maximum atomic E-state index is 4.43. The Labute approximate surface area is 102 Å². The van der Waals surface area contributed by atoms with Crippen molar-refractivity contribution >= 4 is 11.3 Å². The summed E-state index contributed by atoms with van der Waals surface area (Å²) in [5.41, 5.74) is 0.449. The topological polar surface area (TPSA) is 24.9 Å². The van der Waals surface area contributed by atoms with Gasteiger partial charge in [-0.1, -0.05) is 27.2 Å². The number of thiazole rings is 1. The fourth-order valence-corrected chi connectivity index (χ4v) is 3.43. The van der Waals surface area contributed by atoms with Crippen molar-refractivity contribution in [1.82, 2.24) is 10.3 Å². The normalized spacial score (nSPS) is 25.8. The van der Waals surface area contributed by atoms with Crippen LogP contribution in [0, 0.1) is 5.41 Å². The molecule has 16 heavy (non-hydrogen) atoms. The van der Waals surface area contributed by atoms with E-state index in [1.807, 2.05) is 6.20 Å².